The molecule has 24 heavy (non-hydrogen) atoms. The van der Waals surface area contributed by atoms with Crippen LogP contribution in [0.5, 0.6) is 11.5 Å². The number of carbonyl (C=O) groups is 2. The van der Waals surface area contributed by atoms with Gasteiger partial charge in [0.25, 0.3) is 5.91 Å². The molecule has 0 bridgehead atoms. The van der Waals surface area contributed by atoms with E-state index in [0.29, 0.717) is 17.1 Å². The summed E-state index contributed by atoms with van der Waals surface area (Å²) in [4.78, 5) is 27.4. The molecule has 2 aromatic rings. The van der Waals surface area contributed by atoms with Crippen molar-refractivity contribution in [3.05, 3.63) is 53.9 Å². The van der Waals surface area contributed by atoms with Crippen LogP contribution in [0.3, 0.4) is 0 Å². The molecule has 6 heteroatoms. The van der Waals surface area contributed by atoms with Crippen LogP contribution >= 0.6 is 0 Å². The molecule has 0 aliphatic heterocycles. The molecule has 0 saturated heterocycles. The number of methoxy groups -OCH3 is 1. The molecular weight excluding hydrogens is 308 g/mol. The molecular formula is C18H20N2O4. The zero-order valence-corrected chi connectivity index (χ0v) is 13.9. The van der Waals surface area contributed by atoms with Crippen molar-refractivity contribution >= 4 is 11.7 Å². The fraction of sp³-hybridized carbons (Fsp3) is 0.278. The Labute approximate surface area is 140 Å². The summed E-state index contributed by atoms with van der Waals surface area (Å²) in [5.74, 6) is 0.495. The molecule has 0 spiro atoms. The van der Waals surface area contributed by atoms with E-state index in [1.165, 1.54) is 14.0 Å². The van der Waals surface area contributed by atoms with Gasteiger partial charge in [-0.15, -0.1) is 0 Å². The van der Waals surface area contributed by atoms with Gasteiger partial charge in [0.2, 0.25) is 0 Å². The predicted molar refractivity (Wildman–Crippen MR) is 89.3 cm³/mol. The minimum atomic E-state index is -0.260. The molecule has 1 amide bonds. The summed E-state index contributed by atoms with van der Waals surface area (Å²) in [6, 6.07) is 8.38. The van der Waals surface area contributed by atoms with E-state index in [0.717, 1.165) is 5.56 Å². The van der Waals surface area contributed by atoms with Crippen molar-refractivity contribution in [2.45, 2.75) is 19.9 Å². The number of rotatable bonds is 7. The van der Waals surface area contributed by atoms with Crippen LogP contribution in [-0.4, -0.2) is 30.4 Å². The molecule has 0 fully saturated rings. The molecule has 1 unspecified atom stereocenters. The Kier molecular flexibility index (Phi) is 5.89. The maximum Gasteiger partial charge on any atom is 0.258 e. The van der Waals surface area contributed by atoms with Gasteiger partial charge in [-0.05, 0) is 43.7 Å². The fourth-order valence-electron chi connectivity index (χ4n) is 2.15. The van der Waals surface area contributed by atoms with Crippen molar-refractivity contribution in [2.75, 3.05) is 13.7 Å². The monoisotopic (exact) mass is 328 g/mol. The molecule has 126 valence electrons. The highest BCUT2D eigenvalue weighted by atomic mass is 16.5. The van der Waals surface area contributed by atoms with E-state index in [1.54, 1.807) is 30.6 Å². The zero-order chi connectivity index (χ0) is 17.5. The van der Waals surface area contributed by atoms with Gasteiger partial charge in [-0.2, -0.15) is 0 Å². The third-order valence-corrected chi connectivity index (χ3v) is 3.49. The number of nitrogens with zero attached hydrogens (tertiary/aromatic N) is 1. The molecule has 0 aliphatic rings. The van der Waals surface area contributed by atoms with E-state index < -0.39 is 0 Å². The molecule has 1 aromatic carbocycles. The smallest absolute Gasteiger partial charge is 0.258 e. The Balaban J connectivity index is 1.95. The van der Waals surface area contributed by atoms with E-state index in [4.69, 9.17) is 9.47 Å². The van der Waals surface area contributed by atoms with Crippen LogP contribution in [0.2, 0.25) is 0 Å². The van der Waals surface area contributed by atoms with Crippen LogP contribution in [-0.2, 0) is 4.79 Å². The number of ketones is 1. The summed E-state index contributed by atoms with van der Waals surface area (Å²) in [5.41, 5.74) is 1.43. The molecule has 2 rings (SSSR count). The second-order valence-corrected chi connectivity index (χ2v) is 5.29. The van der Waals surface area contributed by atoms with Crippen LogP contribution in [0.25, 0.3) is 0 Å². The normalized spacial score (nSPS) is 11.5. The van der Waals surface area contributed by atoms with Gasteiger partial charge in [0, 0.05) is 18.0 Å². The fourth-order valence-corrected chi connectivity index (χ4v) is 2.15. The van der Waals surface area contributed by atoms with Crippen molar-refractivity contribution in [2.24, 2.45) is 0 Å². The van der Waals surface area contributed by atoms with Gasteiger partial charge < -0.3 is 14.8 Å². The topological polar surface area (TPSA) is 77.5 Å². The maximum absolute atomic E-state index is 12.0. The first-order chi connectivity index (χ1) is 11.5. The number of nitrogens with one attached hydrogen (secondary N) is 1. The highest BCUT2D eigenvalue weighted by molar-refractivity contribution is 5.94. The molecule has 0 radical (unpaired) electrons. The van der Waals surface area contributed by atoms with E-state index in [2.05, 4.69) is 10.3 Å². The lowest BCUT2D eigenvalue weighted by Gasteiger charge is -2.15. The van der Waals surface area contributed by atoms with Crippen LogP contribution in [0.15, 0.2) is 42.7 Å². The first-order valence-corrected chi connectivity index (χ1v) is 7.52. The predicted octanol–water partition coefficient (Wildman–Crippen LogP) is 2.55. The lowest BCUT2D eigenvalue weighted by molar-refractivity contribution is -0.123. The van der Waals surface area contributed by atoms with Gasteiger partial charge in [-0.25, -0.2) is 0 Å². The first kappa shape index (κ1) is 17.5. The van der Waals surface area contributed by atoms with Crippen molar-refractivity contribution in [3.63, 3.8) is 0 Å². The summed E-state index contributed by atoms with van der Waals surface area (Å²) in [7, 11) is 1.48. The van der Waals surface area contributed by atoms with Gasteiger partial charge in [0.1, 0.15) is 0 Å². The van der Waals surface area contributed by atoms with Crippen LogP contribution in [0.1, 0.15) is 35.8 Å². The first-order valence-electron chi connectivity index (χ1n) is 7.52. The lowest BCUT2D eigenvalue weighted by Crippen LogP contribution is -2.31. The molecule has 1 atom stereocenters. The average molecular weight is 328 g/mol. The summed E-state index contributed by atoms with van der Waals surface area (Å²) < 4.78 is 10.7. The number of hydrogen-bond donors (Lipinski definition) is 1. The number of carbonyl (C=O) groups excluding carboxylic acids is 2. The number of Topliss-reactive ketones (excluding diaryl/α,β-unsaturated/α-hetero) is 1. The Morgan fingerprint density at radius 2 is 2.04 bits per heavy atom. The van der Waals surface area contributed by atoms with E-state index >= 15 is 0 Å². The SMILES string of the molecule is COc1cc(C(C)=O)ccc1OCC(=O)NC(C)c1cccnc1. The van der Waals surface area contributed by atoms with Crippen molar-refractivity contribution in [1.82, 2.24) is 10.3 Å². The summed E-state index contributed by atoms with van der Waals surface area (Å²) in [5, 5.41) is 2.83. The third kappa shape index (κ3) is 4.55. The third-order valence-electron chi connectivity index (χ3n) is 3.49. The van der Waals surface area contributed by atoms with E-state index in [9.17, 15) is 9.59 Å². The molecule has 1 aromatic heterocycles. The van der Waals surface area contributed by atoms with E-state index in [1.807, 2.05) is 19.1 Å². The minimum Gasteiger partial charge on any atom is -0.493 e. The van der Waals surface area contributed by atoms with Gasteiger partial charge in [0.05, 0.1) is 13.2 Å². The standard InChI is InChI=1S/C18H20N2O4/c1-12(15-5-4-8-19-10-15)20-18(22)11-24-16-7-6-14(13(2)21)9-17(16)23-3/h4-10,12H,11H2,1-3H3,(H,20,22). The highest BCUT2D eigenvalue weighted by Gasteiger charge is 2.13. The number of benzene rings is 1. The van der Waals surface area contributed by atoms with Crippen LogP contribution in [0.4, 0.5) is 0 Å². The zero-order valence-electron chi connectivity index (χ0n) is 13.9. The number of pyridine rings is 1. The van der Waals surface area contributed by atoms with Crippen molar-refractivity contribution in [1.29, 1.82) is 0 Å². The number of aromatic nitrogens is 1. The van der Waals surface area contributed by atoms with Gasteiger partial charge in [-0.1, -0.05) is 6.07 Å². The molecule has 0 aliphatic carbocycles. The summed E-state index contributed by atoms with van der Waals surface area (Å²) in [6.45, 7) is 3.19. The second kappa shape index (κ2) is 8.10. The molecule has 0 saturated carbocycles. The van der Waals surface area contributed by atoms with Gasteiger partial charge in [-0.3, -0.25) is 14.6 Å². The van der Waals surface area contributed by atoms with Gasteiger partial charge >= 0.3 is 0 Å². The quantitative estimate of drug-likeness (QED) is 0.790. The number of ether oxygens (including phenoxy) is 2. The molecule has 1 heterocycles. The second-order valence-electron chi connectivity index (χ2n) is 5.29. The lowest BCUT2D eigenvalue weighted by atomic mass is 10.1. The Morgan fingerprint density at radius 1 is 1.25 bits per heavy atom. The van der Waals surface area contributed by atoms with Crippen molar-refractivity contribution < 1.29 is 19.1 Å². The van der Waals surface area contributed by atoms with E-state index in [-0.39, 0.29) is 24.3 Å². The summed E-state index contributed by atoms with van der Waals surface area (Å²) >= 11 is 0. The van der Waals surface area contributed by atoms with Crippen molar-refractivity contribution in [3.8, 4) is 11.5 Å². The van der Waals surface area contributed by atoms with Gasteiger partial charge in [0.15, 0.2) is 23.9 Å². The summed E-state index contributed by atoms with van der Waals surface area (Å²) in [6.07, 6.45) is 3.38. The Hall–Kier alpha value is -2.89. The Bertz CT molecular complexity index is 716. The Morgan fingerprint density at radius 3 is 2.67 bits per heavy atom. The maximum atomic E-state index is 12.0. The van der Waals surface area contributed by atoms with Crippen LogP contribution < -0.4 is 14.8 Å². The number of amides is 1. The average Bonchev–Trinajstić information content (AvgIpc) is 2.60. The molecule has 6 nitrogen and oxygen atoms in total. The highest BCUT2D eigenvalue weighted by Crippen LogP contribution is 2.28. The largest absolute Gasteiger partial charge is 0.493 e. The minimum absolute atomic E-state index is 0.0668. The number of hydrogen-bond acceptors (Lipinski definition) is 5. The van der Waals surface area contributed by atoms with Crippen LogP contribution in [0, 0.1) is 0 Å². The molecule has 1 N–H and O–H groups in total.